The van der Waals surface area contributed by atoms with E-state index in [0.29, 0.717) is 28.5 Å². The quantitative estimate of drug-likeness (QED) is 0.872. The Morgan fingerprint density at radius 1 is 1.41 bits per heavy atom. The van der Waals surface area contributed by atoms with Crippen LogP contribution in [0.5, 0.6) is 5.75 Å². The van der Waals surface area contributed by atoms with E-state index in [4.69, 9.17) is 14.0 Å². The number of nitrogens with zero attached hydrogens (tertiary/aromatic N) is 1. The summed E-state index contributed by atoms with van der Waals surface area (Å²) < 4.78 is 15.6. The van der Waals surface area contributed by atoms with Gasteiger partial charge in [-0.15, -0.1) is 0 Å². The molecule has 2 aromatic rings. The predicted molar refractivity (Wildman–Crippen MR) is 75.7 cm³/mol. The van der Waals surface area contributed by atoms with Gasteiger partial charge in [0.2, 0.25) is 0 Å². The molecule has 0 spiro atoms. The number of fused-ring (bicyclic) bond motifs is 1. The number of aryl methyl sites for hydroxylation is 2. The zero-order valence-corrected chi connectivity index (χ0v) is 12.1. The van der Waals surface area contributed by atoms with Crippen molar-refractivity contribution in [3.05, 3.63) is 40.8 Å². The molecule has 7 nitrogen and oxygen atoms in total. The van der Waals surface area contributed by atoms with Crippen LogP contribution in [0, 0.1) is 13.8 Å². The van der Waals surface area contributed by atoms with Gasteiger partial charge in [0.25, 0.3) is 5.91 Å². The van der Waals surface area contributed by atoms with Crippen molar-refractivity contribution in [3.63, 3.8) is 0 Å². The fourth-order valence-electron chi connectivity index (χ4n) is 2.13. The summed E-state index contributed by atoms with van der Waals surface area (Å²) in [4.78, 5) is 23.3. The van der Waals surface area contributed by atoms with Gasteiger partial charge in [0.05, 0.1) is 22.5 Å². The SMILES string of the molecule is Cc1noc(C)c1COC(=O)c1ccc2c(c1)OCC(=O)N2. The number of rotatable bonds is 3. The number of hydrogen-bond donors (Lipinski definition) is 1. The Morgan fingerprint density at radius 3 is 2.95 bits per heavy atom. The zero-order valence-electron chi connectivity index (χ0n) is 12.1. The molecular weight excluding hydrogens is 288 g/mol. The van der Waals surface area contributed by atoms with Crippen LogP contribution in [0.25, 0.3) is 0 Å². The van der Waals surface area contributed by atoms with Crippen molar-refractivity contribution >= 4 is 17.6 Å². The standard InChI is InChI=1S/C15H14N2O5/c1-8-11(9(2)22-17-8)6-21-15(19)10-3-4-12-13(5-10)20-7-14(18)16-12/h3-5H,6-7H2,1-2H3,(H,16,18). The highest BCUT2D eigenvalue weighted by Crippen LogP contribution is 2.29. The molecule has 1 aromatic carbocycles. The molecule has 3 rings (SSSR count). The summed E-state index contributed by atoms with van der Waals surface area (Å²) in [5, 5.41) is 6.46. The minimum absolute atomic E-state index is 0.0649. The van der Waals surface area contributed by atoms with E-state index in [1.807, 2.05) is 0 Å². The highest BCUT2D eigenvalue weighted by Gasteiger charge is 2.19. The molecule has 1 amide bonds. The third-order valence-corrected chi connectivity index (χ3v) is 3.38. The van der Waals surface area contributed by atoms with Crippen molar-refractivity contribution in [1.29, 1.82) is 0 Å². The molecule has 1 aromatic heterocycles. The molecule has 0 aliphatic carbocycles. The molecule has 0 saturated heterocycles. The highest BCUT2D eigenvalue weighted by atomic mass is 16.5. The van der Waals surface area contributed by atoms with E-state index in [-0.39, 0.29) is 19.1 Å². The second-order valence-corrected chi connectivity index (χ2v) is 4.93. The molecule has 7 heteroatoms. The fraction of sp³-hybridized carbons (Fsp3) is 0.267. The van der Waals surface area contributed by atoms with Gasteiger partial charge in [0, 0.05) is 0 Å². The van der Waals surface area contributed by atoms with Gasteiger partial charge in [0.1, 0.15) is 18.1 Å². The van der Waals surface area contributed by atoms with Crippen LogP contribution in [-0.2, 0) is 16.1 Å². The van der Waals surface area contributed by atoms with Gasteiger partial charge in [0.15, 0.2) is 6.61 Å². The first-order chi connectivity index (χ1) is 10.5. The minimum atomic E-state index is -0.483. The summed E-state index contributed by atoms with van der Waals surface area (Å²) in [6.07, 6.45) is 0. The third kappa shape index (κ3) is 2.65. The summed E-state index contributed by atoms with van der Waals surface area (Å²) in [5.74, 6) is 0.373. The van der Waals surface area contributed by atoms with E-state index in [0.717, 1.165) is 5.56 Å². The second kappa shape index (κ2) is 5.51. The summed E-state index contributed by atoms with van der Waals surface area (Å²) in [6, 6.07) is 4.73. The number of aromatic nitrogens is 1. The Hall–Kier alpha value is -2.83. The maximum absolute atomic E-state index is 12.1. The van der Waals surface area contributed by atoms with Crippen LogP contribution in [-0.4, -0.2) is 23.6 Å². The smallest absolute Gasteiger partial charge is 0.338 e. The van der Waals surface area contributed by atoms with E-state index >= 15 is 0 Å². The zero-order chi connectivity index (χ0) is 15.7. The van der Waals surface area contributed by atoms with Gasteiger partial charge < -0.3 is 19.3 Å². The maximum Gasteiger partial charge on any atom is 0.338 e. The molecule has 0 radical (unpaired) electrons. The lowest BCUT2D eigenvalue weighted by molar-refractivity contribution is -0.118. The van der Waals surface area contributed by atoms with Crippen LogP contribution in [0.15, 0.2) is 22.7 Å². The van der Waals surface area contributed by atoms with Crippen molar-refractivity contribution in [2.24, 2.45) is 0 Å². The maximum atomic E-state index is 12.1. The Balaban J connectivity index is 1.72. The summed E-state index contributed by atoms with van der Waals surface area (Å²) in [5.41, 5.74) is 2.34. The number of benzene rings is 1. The van der Waals surface area contributed by atoms with Crippen LogP contribution in [0.3, 0.4) is 0 Å². The Bertz CT molecular complexity index is 731. The molecule has 2 heterocycles. The molecule has 0 fully saturated rings. The van der Waals surface area contributed by atoms with E-state index in [1.165, 1.54) is 0 Å². The summed E-state index contributed by atoms with van der Waals surface area (Å²) >= 11 is 0. The number of anilines is 1. The lowest BCUT2D eigenvalue weighted by atomic mass is 10.1. The van der Waals surface area contributed by atoms with E-state index < -0.39 is 5.97 Å². The number of amides is 1. The summed E-state index contributed by atoms with van der Waals surface area (Å²) in [6.45, 7) is 3.58. The first kappa shape index (κ1) is 14.1. The molecule has 1 aliphatic heterocycles. The number of carbonyl (C=O) groups is 2. The van der Waals surface area contributed by atoms with E-state index in [2.05, 4.69) is 10.5 Å². The lowest BCUT2D eigenvalue weighted by Crippen LogP contribution is -2.25. The Morgan fingerprint density at radius 2 is 2.23 bits per heavy atom. The predicted octanol–water partition coefficient (Wildman–Crippen LogP) is 1.98. The van der Waals surface area contributed by atoms with Crippen LogP contribution in [0.2, 0.25) is 0 Å². The van der Waals surface area contributed by atoms with Crippen LogP contribution >= 0.6 is 0 Å². The van der Waals surface area contributed by atoms with Gasteiger partial charge in [-0.05, 0) is 32.0 Å². The average molecular weight is 302 g/mol. The molecule has 0 atom stereocenters. The molecular formula is C15H14N2O5. The van der Waals surface area contributed by atoms with Gasteiger partial charge in [-0.25, -0.2) is 4.79 Å². The van der Waals surface area contributed by atoms with Gasteiger partial charge in [-0.3, -0.25) is 4.79 Å². The molecule has 1 N–H and O–H groups in total. The number of ether oxygens (including phenoxy) is 2. The average Bonchev–Trinajstić information content (AvgIpc) is 2.83. The normalized spacial score (nSPS) is 13.1. The van der Waals surface area contributed by atoms with Crippen LogP contribution in [0.4, 0.5) is 5.69 Å². The number of esters is 1. The molecule has 0 unspecified atom stereocenters. The Labute approximate surface area is 126 Å². The van der Waals surface area contributed by atoms with E-state index in [9.17, 15) is 9.59 Å². The van der Waals surface area contributed by atoms with Crippen molar-refractivity contribution in [1.82, 2.24) is 5.16 Å². The fourth-order valence-corrected chi connectivity index (χ4v) is 2.13. The first-order valence-electron chi connectivity index (χ1n) is 6.70. The third-order valence-electron chi connectivity index (χ3n) is 3.38. The van der Waals surface area contributed by atoms with Crippen molar-refractivity contribution in [2.75, 3.05) is 11.9 Å². The van der Waals surface area contributed by atoms with Gasteiger partial charge in [-0.1, -0.05) is 5.16 Å². The van der Waals surface area contributed by atoms with Crippen LogP contribution in [0.1, 0.15) is 27.4 Å². The number of hydrogen-bond acceptors (Lipinski definition) is 6. The monoisotopic (exact) mass is 302 g/mol. The largest absolute Gasteiger partial charge is 0.482 e. The topological polar surface area (TPSA) is 90.7 Å². The van der Waals surface area contributed by atoms with Crippen molar-refractivity contribution < 1.29 is 23.6 Å². The Kier molecular flexibility index (Phi) is 3.54. The molecule has 22 heavy (non-hydrogen) atoms. The van der Waals surface area contributed by atoms with Gasteiger partial charge >= 0.3 is 5.97 Å². The molecule has 1 aliphatic rings. The van der Waals surface area contributed by atoms with E-state index in [1.54, 1.807) is 32.0 Å². The lowest BCUT2D eigenvalue weighted by Gasteiger charge is -2.18. The number of carbonyl (C=O) groups excluding carboxylic acids is 2. The highest BCUT2D eigenvalue weighted by molar-refractivity contribution is 5.97. The van der Waals surface area contributed by atoms with Crippen LogP contribution < -0.4 is 10.1 Å². The molecule has 0 bridgehead atoms. The van der Waals surface area contributed by atoms with Crippen molar-refractivity contribution in [3.8, 4) is 5.75 Å². The summed E-state index contributed by atoms with van der Waals surface area (Å²) in [7, 11) is 0. The number of nitrogens with one attached hydrogen (secondary N) is 1. The molecule has 114 valence electrons. The minimum Gasteiger partial charge on any atom is -0.482 e. The van der Waals surface area contributed by atoms with Crippen molar-refractivity contribution in [2.45, 2.75) is 20.5 Å². The second-order valence-electron chi connectivity index (χ2n) is 4.93. The van der Waals surface area contributed by atoms with Gasteiger partial charge in [-0.2, -0.15) is 0 Å². The first-order valence-corrected chi connectivity index (χ1v) is 6.70. The molecule has 0 saturated carbocycles.